The van der Waals surface area contributed by atoms with E-state index in [9.17, 15) is 5.11 Å². The van der Waals surface area contributed by atoms with E-state index in [2.05, 4.69) is 19.1 Å². The van der Waals surface area contributed by atoms with Crippen LogP contribution in [-0.4, -0.2) is 41.9 Å². The smallest absolute Gasteiger partial charge is 0.164 e. The third-order valence-corrected chi connectivity index (χ3v) is 5.09. The summed E-state index contributed by atoms with van der Waals surface area (Å²) in [5, 5.41) is 9.19. The van der Waals surface area contributed by atoms with Crippen LogP contribution in [0.1, 0.15) is 85.0 Å². The van der Waals surface area contributed by atoms with Crippen molar-refractivity contribution < 1.29 is 19.3 Å². The second-order valence-electron chi connectivity index (χ2n) is 7.93. The number of aliphatic hydroxyl groups is 1. The van der Waals surface area contributed by atoms with E-state index < -0.39 is 5.79 Å². The van der Waals surface area contributed by atoms with E-state index in [4.69, 9.17) is 14.2 Å². The summed E-state index contributed by atoms with van der Waals surface area (Å²) >= 11 is 0. The minimum absolute atomic E-state index is 0.0332. The van der Waals surface area contributed by atoms with Crippen LogP contribution in [0, 0.1) is 0 Å². The Hall–Kier alpha value is -0.420. The number of unbranched alkanes of at least 4 members (excludes halogenated alkanes) is 9. The van der Waals surface area contributed by atoms with Crippen LogP contribution in [0.3, 0.4) is 0 Å². The molecule has 0 saturated carbocycles. The van der Waals surface area contributed by atoms with Crippen molar-refractivity contribution in [2.75, 3.05) is 6.61 Å². The molecule has 0 spiro atoms. The number of hydrogen-bond donors (Lipinski definition) is 1. The van der Waals surface area contributed by atoms with E-state index in [-0.39, 0.29) is 31.0 Å². The van der Waals surface area contributed by atoms with E-state index in [1.165, 1.54) is 57.8 Å². The second kappa shape index (κ2) is 10.7. The molecule has 4 atom stereocenters. The van der Waals surface area contributed by atoms with Crippen LogP contribution in [0.15, 0.2) is 12.2 Å². The Kier molecular flexibility index (Phi) is 8.91. The van der Waals surface area contributed by atoms with Gasteiger partial charge in [0.2, 0.25) is 0 Å². The topological polar surface area (TPSA) is 51.2 Å². The third kappa shape index (κ3) is 7.38. The fraction of sp³-hybridized carbons (Fsp3) is 0.905. The number of rotatable bonds is 13. The average Bonchev–Trinajstić information content (AvgIpc) is 3.30. The molecule has 2 saturated heterocycles. The Bertz CT molecular complexity index is 393. The largest absolute Gasteiger partial charge is 0.394 e. The van der Waals surface area contributed by atoms with Crippen molar-refractivity contribution in [1.82, 2.24) is 0 Å². The summed E-state index contributed by atoms with van der Waals surface area (Å²) < 4.78 is 17.4. The number of ether oxygens (including phenoxy) is 3. The maximum atomic E-state index is 9.19. The van der Waals surface area contributed by atoms with Crippen LogP contribution in [0.25, 0.3) is 0 Å². The first-order chi connectivity index (χ1) is 12.1. The molecule has 0 aliphatic carbocycles. The van der Waals surface area contributed by atoms with Crippen molar-refractivity contribution in [2.45, 2.75) is 115 Å². The second-order valence-corrected chi connectivity index (χ2v) is 7.93. The minimum atomic E-state index is -0.580. The first-order valence-electron chi connectivity index (χ1n) is 10.4. The fourth-order valence-corrected chi connectivity index (χ4v) is 3.62. The lowest BCUT2D eigenvalue weighted by Crippen LogP contribution is -2.29. The summed E-state index contributed by atoms with van der Waals surface area (Å²) in [6.07, 6.45) is 17.4. The minimum Gasteiger partial charge on any atom is -0.394 e. The van der Waals surface area contributed by atoms with Crippen molar-refractivity contribution in [3.05, 3.63) is 12.2 Å². The highest BCUT2D eigenvalue weighted by Crippen LogP contribution is 2.38. The third-order valence-electron chi connectivity index (χ3n) is 5.09. The van der Waals surface area contributed by atoms with Gasteiger partial charge in [0.1, 0.15) is 24.4 Å². The highest BCUT2D eigenvalue weighted by Gasteiger charge is 2.54. The summed E-state index contributed by atoms with van der Waals surface area (Å²) in [6, 6.07) is 0. The summed E-state index contributed by atoms with van der Waals surface area (Å²) in [5.41, 5.74) is 0. The SMILES string of the molecule is CCCCCCCCCCC/C=C\[C@H]1OC(C)(C)O[C@H]1[C@H]1O[C@@H]1CO. The highest BCUT2D eigenvalue weighted by molar-refractivity contribution is 5.06. The fourth-order valence-electron chi connectivity index (χ4n) is 3.62. The molecule has 0 aromatic heterocycles. The van der Waals surface area contributed by atoms with Crippen LogP contribution in [0.2, 0.25) is 0 Å². The van der Waals surface area contributed by atoms with Crippen molar-refractivity contribution in [2.24, 2.45) is 0 Å². The molecule has 2 aliphatic heterocycles. The average molecular weight is 355 g/mol. The lowest BCUT2D eigenvalue weighted by atomic mass is 10.1. The molecular weight excluding hydrogens is 316 g/mol. The molecule has 2 fully saturated rings. The Labute approximate surface area is 153 Å². The van der Waals surface area contributed by atoms with Gasteiger partial charge < -0.3 is 19.3 Å². The van der Waals surface area contributed by atoms with Gasteiger partial charge in [-0.1, -0.05) is 70.4 Å². The molecule has 2 aliphatic rings. The van der Waals surface area contributed by atoms with Gasteiger partial charge in [-0.05, 0) is 26.7 Å². The van der Waals surface area contributed by atoms with Gasteiger partial charge in [0.05, 0.1) is 6.61 Å². The van der Waals surface area contributed by atoms with Gasteiger partial charge in [0.25, 0.3) is 0 Å². The standard InChI is InChI=1S/C21H38O4/c1-4-5-6-7-8-9-10-11-12-13-14-15-17-20(19-18(16-22)23-19)25-21(2,3)24-17/h14-15,17-20,22H,4-13,16H2,1-3H3/b15-14-/t17-,18-,19+,20-/m1/s1. The van der Waals surface area contributed by atoms with E-state index in [0.29, 0.717) is 0 Å². The van der Waals surface area contributed by atoms with Crippen molar-refractivity contribution >= 4 is 0 Å². The predicted molar refractivity (Wildman–Crippen MR) is 101 cm³/mol. The zero-order valence-electron chi connectivity index (χ0n) is 16.4. The van der Waals surface area contributed by atoms with Gasteiger partial charge in [-0.3, -0.25) is 0 Å². The van der Waals surface area contributed by atoms with E-state index in [1.807, 2.05) is 13.8 Å². The number of allylic oxidation sites excluding steroid dienone is 1. The van der Waals surface area contributed by atoms with Gasteiger partial charge in [-0.25, -0.2) is 0 Å². The van der Waals surface area contributed by atoms with E-state index in [1.54, 1.807) is 0 Å². The molecule has 2 rings (SSSR count). The van der Waals surface area contributed by atoms with Crippen LogP contribution in [-0.2, 0) is 14.2 Å². The number of aliphatic hydroxyl groups excluding tert-OH is 1. The lowest BCUT2D eigenvalue weighted by Gasteiger charge is -2.16. The van der Waals surface area contributed by atoms with Crippen molar-refractivity contribution in [3.8, 4) is 0 Å². The Morgan fingerprint density at radius 1 is 0.880 bits per heavy atom. The zero-order valence-corrected chi connectivity index (χ0v) is 16.4. The zero-order chi connectivity index (χ0) is 18.1. The van der Waals surface area contributed by atoms with Crippen LogP contribution in [0.4, 0.5) is 0 Å². The first-order valence-corrected chi connectivity index (χ1v) is 10.4. The van der Waals surface area contributed by atoms with Crippen LogP contribution in [0.5, 0.6) is 0 Å². The molecule has 0 aromatic rings. The summed E-state index contributed by atoms with van der Waals surface area (Å²) in [4.78, 5) is 0. The molecule has 0 bridgehead atoms. The maximum absolute atomic E-state index is 9.19. The highest BCUT2D eigenvalue weighted by atomic mass is 16.8. The van der Waals surface area contributed by atoms with Gasteiger partial charge in [-0.2, -0.15) is 0 Å². The van der Waals surface area contributed by atoms with E-state index in [0.717, 1.165) is 6.42 Å². The Balaban J connectivity index is 1.56. The molecule has 0 unspecified atom stereocenters. The van der Waals surface area contributed by atoms with Crippen molar-refractivity contribution in [1.29, 1.82) is 0 Å². The normalized spacial score (nSPS) is 31.0. The molecule has 4 nitrogen and oxygen atoms in total. The summed E-state index contributed by atoms with van der Waals surface area (Å²) in [5.74, 6) is -0.580. The van der Waals surface area contributed by atoms with E-state index >= 15 is 0 Å². The lowest BCUT2D eigenvalue weighted by molar-refractivity contribution is -0.144. The van der Waals surface area contributed by atoms with Crippen LogP contribution < -0.4 is 0 Å². The molecule has 0 radical (unpaired) electrons. The quantitative estimate of drug-likeness (QED) is 0.295. The number of epoxide rings is 1. The molecule has 1 N–H and O–H groups in total. The van der Waals surface area contributed by atoms with Gasteiger partial charge in [0.15, 0.2) is 5.79 Å². The molecule has 4 heteroatoms. The molecule has 0 aromatic carbocycles. The predicted octanol–water partition coefficient (Wildman–Crippen LogP) is 4.74. The molecular formula is C21H38O4. The molecule has 25 heavy (non-hydrogen) atoms. The summed E-state index contributed by atoms with van der Waals surface area (Å²) in [7, 11) is 0. The van der Waals surface area contributed by atoms with Crippen LogP contribution >= 0.6 is 0 Å². The van der Waals surface area contributed by atoms with Gasteiger partial charge >= 0.3 is 0 Å². The number of hydrogen-bond acceptors (Lipinski definition) is 4. The maximum Gasteiger partial charge on any atom is 0.164 e. The molecule has 2 heterocycles. The molecule has 0 amide bonds. The van der Waals surface area contributed by atoms with Gasteiger partial charge in [-0.15, -0.1) is 0 Å². The first kappa shape index (κ1) is 20.9. The Morgan fingerprint density at radius 2 is 1.52 bits per heavy atom. The van der Waals surface area contributed by atoms with Crippen molar-refractivity contribution in [3.63, 3.8) is 0 Å². The summed E-state index contributed by atoms with van der Waals surface area (Å²) in [6.45, 7) is 6.19. The molecule has 146 valence electrons. The Morgan fingerprint density at radius 3 is 2.12 bits per heavy atom. The van der Waals surface area contributed by atoms with Gasteiger partial charge in [0, 0.05) is 0 Å². The monoisotopic (exact) mass is 354 g/mol.